The predicted octanol–water partition coefficient (Wildman–Crippen LogP) is 6.88. The van der Waals surface area contributed by atoms with E-state index < -0.39 is 94.5 Å². The van der Waals surface area contributed by atoms with Crippen LogP contribution in [0.2, 0.25) is 10.0 Å². The van der Waals surface area contributed by atoms with E-state index in [9.17, 15) is 50.6 Å². The minimum Gasteiger partial charge on any atom is -0.507 e. The van der Waals surface area contributed by atoms with Crippen LogP contribution in [-0.2, 0) is 31.5 Å². The zero-order valence-corrected chi connectivity index (χ0v) is 30.7. The molecule has 2 aliphatic carbocycles. The fraction of sp³-hybridized carbons (Fsp3) is 0.389. The van der Waals surface area contributed by atoms with E-state index in [0.717, 1.165) is 22.2 Å². The lowest BCUT2D eigenvalue weighted by atomic mass is 9.57. The second-order valence-corrected chi connectivity index (χ2v) is 14.9. The van der Waals surface area contributed by atoms with E-state index >= 15 is 0 Å². The lowest BCUT2D eigenvalue weighted by Crippen LogP contribution is -2.46. The summed E-state index contributed by atoms with van der Waals surface area (Å²) < 4.78 is 81.7. The number of aromatic nitrogens is 2. The molecule has 0 spiro atoms. The highest BCUT2D eigenvalue weighted by atomic mass is 35.5. The number of aryl methyl sites for hydroxylation is 2. The van der Waals surface area contributed by atoms with Gasteiger partial charge in [0.1, 0.15) is 17.1 Å². The minimum absolute atomic E-state index is 0.00534. The normalized spacial score (nSPS) is 25.2. The van der Waals surface area contributed by atoms with E-state index in [1.54, 1.807) is 32.1 Å². The number of anilines is 2. The number of imide groups is 2. The molecule has 3 fully saturated rings. The summed E-state index contributed by atoms with van der Waals surface area (Å²) in [6, 6.07) is 6.48. The molecular formula is C36H30Cl2F6N6O5. The van der Waals surface area contributed by atoms with Gasteiger partial charge >= 0.3 is 12.4 Å². The van der Waals surface area contributed by atoms with Crippen molar-refractivity contribution in [1.29, 1.82) is 0 Å². The van der Waals surface area contributed by atoms with Crippen LogP contribution in [0, 0.1) is 43.4 Å². The molecule has 19 heteroatoms. The summed E-state index contributed by atoms with van der Waals surface area (Å²) in [5.41, 5.74) is -0.679. The highest BCUT2D eigenvalue weighted by molar-refractivity contribution is 6.33. The standard InChI is InChI=1S/C36H30Cl2F6N6O5/c1-14-11-16(12-15(2)28(14)51)25-17-5-6-18-26(33(54)49(31(18)52)47(3)29-21(37)7-9-23(45-29)35(39,40)41)19(17)13-20-27(25)34(55)50(32(20)53)48(4)30-22(38)8-10-24(46-30)36(42,43)44/h5,7-12,18-20,25-27,51H,6,13H2,1-4H3/t18-,19+,20+,25-,26-,27+/m0/s1. The Morgan fingerprint density at radius 2 is 1.16 bits per heavy atom. The van der Waals surface area contributed by atoms with Crippen LogP contribution in [0.3, 0.4) is 0 Å². The number of amides is 4. The van der Waals surface area contributed by atoms with Crippen LogP contribution in [0.25, 0.3) is 0 Å². The van der Waals surface area contributed by atoms with Crippen molar-refractivity contribution in [2.75, 3.05) is 24.1 Å². The summed E-state index contributed by atoms with van der Waals surface area (Å²) >= 11 is 12.5. The van der Waals surface area contributed by atoms with Crippen LogP contribution < -0.4 is 10.0 Å². The number of phenolic OH excluding ortho intramolecular Hbond substituents is 1. The Morgan fingerprint density at radius 1 is 0.709 bits per heavy atom. The maximum atomic E-state index is 14.5. The van der Waals surface area contributed by atoms with Gasteiger partial charge in [-0.2, -0.15) is 36.4 Å². The third-order valence-electron chi connectivity index (χ3n) is 10.9. The van der Waals surface area contributed by atoms with Gasteiger partial charge in [0.25, 0.3) is 23.6 Å². The molecule has 0 bridgehead atoms. The van der Waals surface area contributed by atoms with E-state index in [4.69, 9.17) is 23.2 Å². The number of carbonyl (C=O) groups is 4. The number of halogens is 8. The number of hydrazine groups is 2. The predicted molar refractivity (Wildman–Crippen MR) is 184 cm³/mol. The van der Waals surface area contributed by atoms with Crippen molar-refractivity contribution in [2.45, 2.75) is 45.0 Å². The smallest absolute Gasteiger partial charge is 0.433 e. The molecule has 6 atom stereocenters. The number of nitrogens with zero attached hydrogens (tertiary/aromatic N) is 6. The van der Waals surface area contributed by atoms with Crippen LogP contribution in [0.5, 0.6) is 5.75 Å². The van der Waals surface area contributed by atoms with Crippen molar-refractivity contribution in [3.63, 3.8) is 0 Å². The third kappa shape index (κ3) is 6.06. The Labute approximate surface area is 319 Å². The van der Waals surface area contributed by atoms with Gasteiger partial charge in [0, 0.05) is 20.0 Å². The van der Waals surface area contributed by atoms with E-state index in [1.807, 2.05) is 0 Å². The van der Waals surface area contributed by atoms with Crippen LogP contribution in [-0.4, -0.2) is 62.8 Å². The van der Waals surface area contributed by atoms with Crippen molar-refractivity contribution in [3.8, 4) is 5.75 Å². The number of hydrogen-bond acceptors (Lipinski definition) is 9. The molecule has 4 heterocycles. The number of phenols is 1. The number of benzene rings is 1. The molecule has 3 aromatic rings. The van der Waals surface area contributed by atoms with Gasteiger partial charge < -0.3 is 5.11 Å². The number of hydrogen-bond donors (Lipinski definition) is 1. The number of fused-ring (bicyclic) bond motifs is 4. The molecule has 11 nitrogen and oxygen atoms in total. The van der Waals surface area contributed by atoms with Gasteiger partial charge in [0.2, 0.25) is 0 Å². The number of aromatic hydroxyl groups is 1. The quantitative estimate of drug-likeness (QED) is 0.167. The van der Waals surface area contributed by atoms with Gasteiger partial charge in [-0.05, 0) is 73.6 Å². The summed E-state index contributed by atoms with van der Waals surface area (Å²) in [6.07, 6.45) is -8.15. The molecule has 290 valence electrons. The Bertz CT molecular complexity index is 2190. The number of alkyl halides is 6. The molecule has 7 rings (SSSR count). The molecular weight excluding hydrogens is 781 g/mol. The SMILES string of the molecule is Cc1cc([C@H]2C3=CC[C@@H]4C(=O)N(N(C)c5nc(C(F)(F)F)ccc5Cl)C(=O)[C@@H]4[C@@H]3C[C@H]3C(=O)N(N(C)c4nc(C(F)(F)F)ccc4Cl)C(=O)[C@@H]23)cc(C)c1O. The number of allylic oxidation sites excluding steroid dienone is 2. The second kappa shape index (κ2) is 13.1. The molecule has 1 saturated carbocycles. The zero-order chi connectivity index (χ0) is 40.2. The number of rotatable bonds is 5. The zero-order valence-electron chi connectivity index (χ0n) is 29.2. The third-order valence-corrected chi connectivity index (χ3v) is 11.5. The summed E-state index contributed by atoms with van der Waals surface area (Å²) in [6.45, 7) is 3.27. The lowest BCUT2D eigenvalue weighted by molar-refractivity contribution is -0.143. The maximum absolute atomic E-state index is 14.5. The molecule has 4 amide bonds. The molecule has 0 radical (unpaired) electrons. The van der Waals surface area contributed by atoms with Crippen molar-refractivity contribution >= 4 is 58.5 Å². The Hall–Kier alpha value is -4.90. The van der Waals surface area contributed by atoms with Crippen LogP contribution in [0.4, 0.5) is 38.0 Å². The molecule has 55 heavy (non-hydrogen) atoms. The monoisotopic (exact) mass is 810 g/mol. The molecule has 1 N–H and O–H groups in total. The first-order valence-electron chi connectivity index (χ1n) is 16.8. The average molecular weight is 812 g/mol. The highest BCUT2D eigenvalue weighted by Gasteiger charge is 2.63. The molecule has 0 unspecified atom stereocenters. The lowest BCUT2D eigenvalue weighted by Gasteiger charge is -2.44. The van der Waals surface area contributed by atoms with Crippen molar-refractivity contribution in [2.24, 2.45) is 29.6 Å². The van der Waals surface area contributed by atoms with Gasteiger partial charge in [0.05, 0.1) is 33.7 Å². The molecule has 1 aromatic carbocycles. The summed E-state index contributed by atoms with van der Waals surface area (Å²) in [4.78, 5) is 64.4. The first kappa shape index (κ1) is 38.4. The van der Waals surface area contributed by atoms with E-state index in [-0.39, 0.29) is 28.6 Å². The first-order valence-corrected chi connectivity index (χ1v) is 17.6. The second-order valence-electron chi connectivity index (χ2n) is 14.1. The number of carbonyl (C=O) groups excluding carboxylic acids is 4. The summed E-state index contributed by atoms with van der Waals surface area (Å²) in [5, 5.41) is 13.2. The number of pyridine rings is 2. The molecule has 2 saturated heterocycles. The summed E-state index contributed by atoms with van der Waals surface area (Å²) in [5.74, 6) is -10.3. The first-order chi connectivity index (χ1) is 25.6. The fourth-order valence-electron chi connectivity index (χ4n) is 8.51. The minimum atomic E-state index is -4.87. The van der Waals surface area contributed by atoms with Crippen LogP contribution in [0.15, 0.2) is 48.0 Å². The van der Waals surface area contributed by atoms with Gasteiger partial charge in [0.15, 0.2) is 11.6 Å². The Kier molecular flexibility index (Phi) is 9.15. The Morgan fingerprint density at radius 3 is 1.64 bits per heavy atom. The Balaban J connectivity index is 1.31. The van der Waals surface area contributed by atoms with Gasteiger partial charge in [-0.1, -0.05) is 47.0 Å². The van der Waals surface area contributed by atoms with Gasteiger partial charge in [-0.3, -0.25) is 29.2 Å². The van der Waals surface area contributed by atoms with E-state index in [0.29, 0.717) is 44.4 Å². The van der Waals surface area contributed by atoms with Gasteiger partial charge in [-0.15, -0.1) is 0 Å². The highest BCUT2D eigenvalue weighted by Crippen LogP contribution is 2.58. The van der Waals surface area contributed by atoms with Crippen LogP contribution in [0.1, 0.15) is 46.8 Å². The van der Waals surface area contributed by atoms with E-state index in [2.05, 4.69) is 9.97 Å². The van der Waals surface area contributed by atoms with Crippen molar-refractivity contribution in [3.05, 3.63) is 86.2 Å². The summed E-state index contributed by atoms with van der Waals surface area (Å²) in [7, 11) is 2.35. The largest absolute Gasteiger partial charge is 0.507 e. The van der Waals surface area contributed by atoms with E-state index in [1.165, 1.54) is 14.1 Å². The fourth-order valence-corrected chi connectivity index (χ4v) is 8.97. The van der Waals surface area contributed by atoms with Crippen molar-refractivity contribution in [1.82, 2.24) is 20.0 Å². The topological polar surface area (TPSA) is 127 Å². The average Bonchev–Trinajstić information content (AvgIpc) is 3.51. The van der Waals surface area contributed by atoms with Gasteiger partial charge in [-0.25, -0.2) is 9.97 Å². The molecule has 2 aromatic heterocycles. The van der Waals surface area contributed by atoms with Crippen molar-refractivity contribution < 1.29 is 50.6 Å². The maximum Gasteiger partial charge on any atom is 0.433 e. The molecule has 2 aliphatic heterocycles. The van der Waals surface area contributed by atoms with Crippen LogP contribution >= 0.6 is 23.2 Å². The molecule has 4 aliphatic rings.